The van der Waals surface area contributed by atoms with Gasteiger partial charge in [0, 0.05) is 8.95 Å². The van der Waals surface area contributed by atoms with Crippen molar-refractivity contribution < 1.29 is 8.78 Å². The van der Waals surface area contributed by atoms with E-state index in [9.17, 15) is 8.78 Å². The molecule has 106 valence electrons. The fourth-order valence-electron chi connectivity index (χ4n) is 1.96. The van der Waals surface area contributed by atoms with Crippen LogP contribution in [-0.2, 0) is 6.42 Å². The van der Waals surface area contributed by atoms with Gasteiger partial charge in [0.2, 0.25) is 0 Å². The fourth-order valence-corrected chi connectivity index (χ4v) is 3.29. The van der Waals surface area contributed by atoms with E-state index >= 15 is 0 Å². The third-order valence-corrected chi connectivity index (χ3v) is 4.15. The number of hydrogen-bond donors (Lipinski definition) is 2. The van der Waals surface area contributed by atoms with Gasteiger partial charge in [-0.15, -0.1) is 0 Å². The number of nitrogens with one attached hydrogen (secondary N) is 1. The highest BCUT2D eigenvalue weighted by atomic mass is 79.9. The van der Waals surface area contributed by atoms with Gasteiger partial charge < -0.3 is 0 Å². The second-order valence-corrected chi connectivity index (χ2v) is 6.09. The Morgan fingerprint density at radius 1 is 1.10 bits per heavy atom. The third-order valence-electron chi connectivity index (χ3n) is 2.97. The summed E-state index contributed by atoms with van der Waals surface area (Å²) < 4.78 is 28.7. The molecular weight excluding hydrogens is 394 g/mol. The maximum atomic E-state index is 13.7. The van der Waals surface area contributed by atoms with Crippen LogP contribution in [0.15, 0.2) is 45.3 Å². The van der Waals surface area contributed by atoms with Gasteiger partial charge in [-0.1, -0.05) is 37.9 Å². The average molecular weight is 406 g/mol. The Labute approximate surface area is 132 Å². The first-order chi connectivity index (χ1) is 9.51. The predicted octanol–water partition coefficient (Wildman–Crippen LogP) is 4.24. The molecule has 20 heavy (non-hydrogen) atoms. The van der Waals surface area contributed by atoms with E-state index in [2.05, 4.69) is 37.3 Å². The topological polar surface area (TPSA) is 38.0 Å². The minimum Gasteiger partial charge on any atom is -0.271 e. The second-order valence-electron chi connectivity index (χ2n) is 4.32. The molecule has 0 radical (unpaired) electrons. The summed E-state index contributed by atoms with van der Waals surface area (Å²) in [6, 6.07) is 8.69. The van der Waals surface area contributed by atoms with Crippen LogP contribution in [0.25, 0.3) is 0 Å². The van der Waals surface area contributed by atoms with E-state index in [1.54, 1.807) is 0 Å². The van der Waals surface area contributed by atoms with Crippen LogP contribution in [0.2, 0.25) is 0 Å². The van der Waals surface area contributed by atoms with Crippen LogP contribution in [0.3, 0.4) is 0 Å². The summed E-state index contributed by atoms with van der Waals surface area (Å²) in [5.74, 6) is 4.64. The molecule has 6 heteroatoms. The SMILES string of the molecule is NNC(Cc1cc(F)ccc1F)c1ccc(Br)cc1Br. The highest BCUT2D eigenvalue weighted by molar-refractivity contribution is 9.11. The molecule has 1 atom stereocenters. The monoisotopic (exact) mass is 404 g/mol. The van der Waals surface area contributed by atoms with E-state index in [1.807, 2.05) is 18.2 Å². The lowest BCUT2D eigenvalue weighted by atomic mass is 9.99. The smallest absolute Gasteiger partial charge is 0.126 e. The molecule has 0 aromatic heterocycles. The first-order valence-electron chi connectivity index (χ1n) is 5.86. The molecule has 0 aliphatic heterocycles. The van der Waals surface area contributed by atoms with Crippen LogP contribution in [-0.4, -0.2) is 0 Å². The number of halogens is 4. The zero-order valence-electron chi connectivity index (χ0n) is 10.3. The summed E-state index contributed by atoms with van der Waals surface area (Å²) in [5, 5.41) is 0. The van der Waals surface area contributed by atoms with E-state index in [0.717, 1.165) is 26.6 Å². The quantitative estimate of drug-likeness (QED) is 0.589. The van der Waals surface area contributed by atoms with Gasteiger partial charge in [0.05, 0.1) is 6.04 Å². The number of hydrazine groups is 1. The van der Waals surface area contributed by atoms with Crippen molar-refractivity contribution in [2.75, 3.05) is 0 Å². The summed E-state index contributed by atoms with van der Waals surface area (Å²) in [5.41, 5.74) is 3.79. The third kappa shape index (κ3) is 3.63. The van der Waals surface area contributed by atoms with Crippen LogP contribution in [0, 0.1) is 11.6 Å². The van der Waals surface area contributed by atoms with Crippen molar-refractivity contribution in [3.63, 3.8) is 0 Å². The summed E-state index contributed by atoms with van der Waals surface area (Å²) in [4.78, 5) is 0. The van der Waals surface area contributed by atoms with Gasteiger partial charge in [0.1, 0.15) is 11.6 Å². The Kier molecular flexibility index (Phi) is 5.26. The zero-order chi connectivity index (χ0) is 14.7. The number of rotatable bonds is 4. The largest absolute Gasteiger partial charge is 0.271 e. The predicted molar refractivity (Wildman–Crippen MR) is 82.0 cm³/mol. The van der Waals surface area contributed by atoms with Gasteiger partial charge in [-0.25, -0.2) is 8.78 Å². The maximum Gasteiger partial charge on any atom is 0.126 e. The molecule has 0 aliphatic carbocycles. The van der Waals surface area contributed by atoms with Gasteiger partial charge in [-0.05, 0) is 47.9 Å². The van der Waals surface area contributed by atoms with E-state index in [1.165, 1.54) is 6.07 Å². The standard InChI is InChI=1S/C14H12Br2F2N2/c15-9-1-3-11(12(16)7-9)14(20-19)6-8-5-10(17)2-4-13(8)18/h1-5,7,14,20H,6,19H2. The lowest BCUT2D eigenvalue weighted by molar-refractivity contribution is 0.521. The van der Waals surface area contributed by atoms with Crippen molar-refractivity contribution in [1.82, 2.24) is 5.43 Å². The van der Waals surface area contributed by atoms with Crippen LogP contribution in [0.1, 0.15) is 17.2 Å². The van der Waals surface area contributed by atoms with Gasteiger partial charge in [0.25, 0.3) is 0 Å². The average Bonchev–Trinajstić information content (AvgIpc) is 2.40. The van der Waals surface area contributed by atoms with Gasteiger partial charge >= 0.3 is 0 Å². The first kappa shape index (κ1) is 15.6. The van der Waals surface area contributed by atoms with Crippen molar-refractivity contribution in [2.24, 2.45) is 5.84 Å². The van der Waals surface area contributed by atoms with Crippen LogP contribution < -0.4 is 11.3 Å². The maximum absolute atomic E-state index is 13.7. The van der Waals surface area contributed by atoms with Crippen molar-refractivity contribution >= 4 is 31.9 Å². The molecule has 2 aromatic carbocycles. The van der Waals surface area contributed by atoms with Gasteiger partial charge in [-0.3, -0.25) is 11.3 Å². The molecule has 0 spiro atoms. The number of nitrogens with two attached hydrogens (primary N) is 1. The first-order valence-corrected chi connectivity index (χ1v) is 7.45. The molecule has 3 N–H and O–H groups in total. The molecule has 0 aliphatic rings. The minimum absolute atomic E-state index is 0.250. The number of hydrogen-bond acceptors (Lipinski definition) is 2. The Bertz CT molecular complexity index is 620. The molecule has 0 amide bonds. The highest BCUT2D eigenvalue weighted by Crippen LogP contribution is 2.29. The molecule has 2 aromatic rings. The van der Waals surface area contributed by atoms with Crippen molar-refractivity contribution in [3.05, 3.63) is 68.1 Å². The van der Waals surface area contributed by atoms with Crippen LogP contribution >= 0.6 is 31.9 Å². The molecular formula is C14H12Br2F2N2. The fraction of sp³-hybridized carbons (Fsp3) is 0.143. The summed E-state index contributed by atoms with van der Waals surface area (Å²) >= 11 is 6.81. The molecule has 1 unspecified atom stereocenters. The van der Waals surface area contributed by atoms with E-state index in [4.69, 9.17) is 5.84 Å². The van der Waals surface area contributed by atoms with Crippen molar-refractivity contribution in [1.29, 1.82) is 0 Å². The van der Waals surface area contributed by atoms with E-state index in [0.29, 0.717) is 0 Å². The zero-order valence-corrected chi connectivity index (χ0v) is 13.5. The molecule has 0 heterocycles. The molecule has 2 nitrogen and oxygen atoms in total. The Morgan fingerprint density at radius 3 is 2.50 bits per heavy atom. The normalized spacial score (nSPS) is 12.4. The summed E-state index contributed by atoms with van der Waals surface area (Å²) in [6.45, 7) is 0. The van der Waals surface area contributed by atoms with E-state index in [-0.39, 0.29) is 18.0 Å². The highest BCUT2D eigenvalue weighted by Gasteiger charge is 2.16. The van der Waals surface area contributed by atoms with Crippen molar-refractivity contribution in [2.45, 2.75) is 12.5 Å². The summed E-state index contributed by atoms with van der Waals surface area (Å²) in [7, 11) is 0. The molecule has 0 fully saturated rings. The van der Waals surface area contributed by atoms with Gasteiger partial charge in [-0.2, -0.15) is 0 Å². The van der Waals surface area contributed by atoms with Crippen LogP contribution in [0.5, 0.6) is 0 Å². The lowest BCUT2D eigenvalue weighted by Gasteiger charge is -2.18. The molecule has 0 bridgehead atoms. The van der Waals surface area contributed by atoms with Crippen molar-refractivity contribution in [3.8, 4) is 0 Å². The molecule has 2 rings (SSSR count). The van der Waals surface area contributed by atoms with E-state index < -0.39 is 11.6 Å². The lowest BCUT2D eigenvalue weighted by Crippen LogP contribution is -2.30. The Hall–Kier alpha value is -0.820. The minimum atomic E-state index is -0.466. The Balaban J connectivity index is 2.31. The number of benzene rings is 2. The van der Waals surface area contributed by atoms with Crippen LogP contribution in [0.4, 0.5) is 8.78 Å². The molecule has 0 saturated carbocycles. The second kappa shape index (κ2) is 6.76. The van der Waals surface area contributed by atoms with Gasteiger partial charge in [0.15, 0.2) is 0 Å². The molecule has 0 saturated heterocycles. The summed E-state index contributed by atoms with van der Waals surface area (Å²) in [6.07, 6.45) is 0.250. The Morgan fingerprint density at radius 2 is 1.85 bits per heavy atom.